The minimum absolute atomic E-state index is 0.00648. The summed E-state index contributed by atoms with van der Waals surface area (Å²) in [5, 5.41) is 8.26. The molecule has 1 aliphatic rings. The quantitative estimate of drug-likeness (QED) is 0.352. The van der Waals surface area contributed by atoms with E-state index in [4.69, 9.17) is 0 Å². The number of hydrogen-bond donors (Lipinski definition) is 3. The van der Waals surface area contributed by atoms with Gasteiger partial charge in [0.05, 0.1) is 22.7 Å². The zero-order valence-corrected chi connectivity index (χ0v) is 17.9. The monoisotopic (exact) mass is 463 g/mol. The molecule has 7 nitrogen and oxygen atoms in total. The van der Waals surface area contributed by atoms with Gasteiger partial charge in [-0.1, -0.05) is 18.2 Å². The molecule has 10 heteroatoms. The zero-order chi connectivity index (χ0) is 23.3. The van der Waals surface area contributed by atoms with Crippen LogP contribution in [0, 0.1) is 0 Å². The summed E-state index contributed by atoms with van der Waals surface area (Å²) in [6, 6.07) is 9.57. The number of hydrogen-bond acceptors (Lipinski definition) is 6. The number of aromatic nitrogens is 5. The van der Waals surface area contributed by atoms with E-state index in [-0.39, 0.29) is 22.8 Å². The molecule has 1 saturated heterocycles. The smallest absolute Gasteiger partial charge is 0.367 e. The third-order valence-corrected chi connectivity index (χ3v) is 6.23. The summed E-state index contributed by atoms with van der Waals surface area (Å²) in [4.78, 5) is 20.8. The van der Waals surface area contributed by atoms with E-state index >= 15 is 0 Å². The van der Waals surface area contributed by atoms with Crippen LogP contribution in [0.4, 0.5) is 19.0 Å². The molecule has 0 saturated carbocycles. The van der Waals surface area contributed by atoms with Gasteiger partial charge < -0.3 is 15.6 Å². The Balaban J connectivity index is 1.61. The maximum atomic E-state index is 13.9. The second kappa shape index (κ2) is 7.91. The van der Waals surface area contributed by atoms with E-state index in [1.807, 2.05) is 24.3 Å². The van der Waals surface area contributed by atoms with E-state index in [0.717, 1.165) is 48.4 Å². The normalized spacial score (nSPS) is 15.4. The third kappa shape index (κ3) is 3.50. The van der Waals surface area contributed by atoms with Gasteiger partial charge in [0.25, 0.3) is 0 Å². The Morgan fingerprint density at radius 3 is 2.62 bits per heavy atom. The predicted molar refractivity (Wildman–Crippen MR) is 124 cm³/mol. The molecule has 0 radical (unpaired) electrons. The van der Waals surface area contributed by atoms with Crippen molar-refractivity contribution in [3.05, 3.63) is 54.5 Å². The fraction of sp³-hybridized carbons (Fsp3) is 0.250. The number of fused-ring (bicyclic) bond motifs is 4. The van der Waals surface area contributed by atoms with Crippen LogP contribution in [0.2, 0.25) is 0 Å². The number of rotatable bonds is 3. The molecule has 0 bridgehead atoms. The molecule has 0 atom stereocenters. The van der Waals surface area contributed by atoms with E-state index in [1.165, 1.54) is 6.20 Å². The number of H-pyrrole nitrogens is 1. The zero-order valence-electron chi connectivity index (χ0n) is 17.9. The number of halogens is 3. The number of anilines is 1. The topological polar surface area (TPSA) is 91.4 Å². The van der Waals surface area contributed by atoms with Crippen molar-refractivity contribution >= 4 is 38.7 Å². The molecule has 3 N–H and O–H groups in total. The fourth-order valence-corrected chi connectivity index (χ4v) is 4.64. The lowest BCUT2D eigenvalue weighted by molar-refractivity contribution is -0.136. The number of nitrogens with zero attached hydrogens (tertiary/aromatic N) is 4. The Morgan fingerprint density at radius 1 is 0.971 bits per heavy atom. The third-order valence-electron chi connectivity index (χ3n) is 6.23. The van der Waals surface area contributed by atoms with Gasteiger partial charge in [0.1, 0.15) is 11.5 Å². The van der Waals surface area contributed by atoms with Crippen molar-refractivity contribution in [2.45, 2.75) is 25.1 Å². The van der Waals surface area contributed by atoms with E-state index in [1.54, 1.807) is 12.3 Å². The molecule has 4 aromatic heterocycles. The van der Waals surface area contributed by atoms with Gasteiger partial charge in [0.15, 0.2) is 5.82 Å². The maximum absolute atomic E-state index is 13.9. The summed E-state index contributed by atoms with van der Waals surface area (Å²) in [6.07, 6.45) is 0.832. The van der Waals surface area contributed by atoms with E-state index < -0.39 is 11.7 Å². The number of nitrogens with one attached hydrogen (secondary N) is 3. The molecule has 172 valence electrons. The average Bonchev–Trinajstić information content (AvgIpc) is 3.22. The minimum Gasteiger partial charge on any atom is -0.367 e. The number of pyridine rings is 2. The highest BCUT2D eigenvalue weighted by Crippen LogP contribution is 2.39. The predicted octanol–water partition coefficient (Wildman–Crippen LogP) is 4.90. The van der Waals surface area contributed by atoms with Gasteiger partial charge in [-0.05, 0) is 38.1 Å². The van der Waals surface area contributed by atoms with Crippen molar-refractivity contribution in [1.29, 1.82) is 0 Å². The van der Waals surface area contributed by atoms with Crippen LogP contribution < -0.4 is 10.6 Å². The van der Waals surface area contributed by atoms with Gasteiger partial charge in [-0.15, -0.1) is 0 Å². The number of alkyl halides is 3. The van der Waals surface area contributed by atoms with Crippen molar-refractivity contribution in [2.24, 2.45) is 0 Å². The molecule has 5 heterocycles. The molecule has 0 spiro atoms. The highest BCUT2D eigenvalue weighted by molar-refractivity contribution is 6.12. The second-order valence-electron chi connectivity index (χ2n) is 8.40. The molecule has 34 heavy (non-hydrogen) atoms. The van der Waals surface area contributed by atoms with E-state index in [2.05, 4.69) is 35.6 Å². The number of para-hydroxylation sites is 1. The Morgan fingerprint density at radius 2 is 1.79 bits per heavy atom. The SMILES string of the molecule is FC(F)(F)c1cncc2nc(-c3ccnc4[nH]c5ccccc5c34)nc(NC3CCNCC3)c12. The number of piperidine rings is 1. The van der Waals surface area contributed by atoms with Gasteiger partial charge in [0, 0.05) is 40.3 Å². The summed E-state index contributed by atoms with van der Waals surface area (Å²) in [5.74, 6) is 0.494. The first kappa shape index (κ1) is 20.8. The maximum Gasteiger partial charge on any atom is 0.418 e. The Labute approximate surface area is 191 Å². The van der Waals surface area contributed by atoms with Gasteiger partial charge in [-0.3, -0.25) is 4.98 Å². The van der Waals surface area contributed by atoms with Crippen molar-refractivity contribution < 1.29 is 13.2 Å². The molecule has 0 aliphatic carbocycles. The molecule has 0 amide bonds. The van der Waals surface area contributed by atoms with Crippen LogP contribution in [0.15, 0.2) is 48.9 Å². The van der Waals surface area contributed by atoms with Crippen molar-refractivity contribution in [3.8, 4) is 11.4 Å². The lowest BCUT2D eigenvalue weighted by Crippen LogP contribution is -2.35. The van der Waals surface area contributed by atoms with Gasteiger partial charge >= 0.3 is 6.18 Å². The fourth-order valence-electron chi connectivity index (χ4n) is 4.64. The van der Waals surface area contributed by atoms with Crippen LogP contribution in [-0.2, 0) is 6.18 Å². The molecule has 1 aromatic carbocycles. The van der Waals surface area contributed by atoms with E-state index in [9.17, 15) is 13.2 Å². The summed E-state index contributed by atoms with van der Waals surface area (Å²) in [7, 11) is 0. The average molecular weight is 463 g/mol. The minimum atomic E-state index is -4.58. The molecule has 0 unspecified atom stereocenters. The number of benzene rings is 1. The lowest BCUT2D eigenvalue weighted by atomic mass is 10.1. The molecule has 6 rings (SSSR count). The Hall–Kier alpha value is -3.79. The molecule has 1 aliphatic heterocycles. The molecular formula is C24H20F3N7. The van der Waals surface area contributed by atoms with Crippen molar-refractivity contribution in [1.82, 2.24) is 30.2 Å². The Bertz CT molecular complexity index is 1520. The summed E-state index contributed by atoms with van der Waals surface area (Å²) in [6.45, 7) is 1.59. The van der Waals surface area contributed by atoms with Crippen LogP contribution in [0.5, 0.6) is 0 Å². The Kier molecular flexibility index (Phi) is 4.84. The van der Waals surface area contributed by atoms with Crippen LogP contribution in [0.25, 0.3) is 44.2 Å². The highest BCUT2D eigenvalue weighted by atomic mass is 19.4. The first-order valence-corrected chi connectivity index (χ1v) is 11.0. The standard InChI is InChI=1S/C24H20F3N7/c25-24(26,27)16-11-29-12-18-20(16)23(31-13-5-8-28-9-6-13)34-21(33-18)15-7-10-30-22-19(15)14-3-1-2-4-17(14)32-22/h1-4,7,10-13,28H,5-6,8-9H2,(H,30,32)(H,31,33,34). The lowest BCUT2D eigenvalue weighted by Gasteiger charge is -2.25. The largest absolute Gasteiger partial charge is 0.418 e. The molecule has 1 fully saturated rings. The second-order valence-corrected chi connectivity index (χ2v) is 8.40. The summed E-state index contributed by atoms with van der Waals surface area (Å²) in [5.41, 5.74) is 1.56. The molecular weight excluding hydrogens is 443 g/mol. The van der Waals surface area contributed by atoms with Gasteiger partial charge in [-0.2, -0.15) is 13.2 Å². The van der Waals surface area contributed by atoms with Crippen molar-refractivity contribution in [3.63, 3.8) is 0 Å². The van der Waals surface area contributed by atoms with Gasteiger partial charge in [0.2, 0.25) is 0 Å². The summed E-state index contributed by atoms with van der Waals surface area (Å²) >= 11 is 0. The number of aromatic amines is 1. The first-order valence-electron chi connectivity index (χ1n) is 11.0. The molecule has 5 aromatic rings. The van der Waals surface area contributed by atoms with Crippen LogP contribution in [-0.4, -0.2) is 44.1 Å². The van der Waals surface area contributed by atoms with Crippen molar-refractivity contribution in [2.75, 3.05) is 18.4 Å². The summed E-state index contributed by atoms with van der Waals surface area (Å²) < 4.78 is 41.7. The van der Waals surface area contributed by atoms with Crippen LogP contribution in [0.3, 0.4) is 0 Å². The van der Waals surface area contributed by atoms with E-state index in [0.29, 0.717) is 17.0 Å². The van der Waals surface area contributed by atoms with Crippen LogP contribution >= 0.6 is 0 Å². The van der Waals surface area contributed by atoms with Crippen LogP contribution in [0.1, 0.15) is 18.4 Å². The highest BCUT2D eigenvalue weighted by Gasteiger charge is 2.35. The van der Waals surface area contributed by atoms with Gasteiger partial charge in [-0.25, -0.2) is 15.0 Å². The first-order chi connectivity index (χ1) is 16.5.